The molecule has 1 aromatic heterocycles. The van der Waals surface area contributed by atoms with Crippen LogP contribution in [0.2, 0.25) is 0 Å². The van der Waals surface area contributed by atoms with Crippen LogP contribution >= 0.6 is 0 Å². The predicted octanol–water partition coefficient (Wildman–Crippen LogP) is 1.28. The van der Waals surface area contributed by atoms with E-state index in [1.807, 2.05) is 18.5 Å². The Morgan fingerprint density at radius 1 is 1.64 bits per heavy atom. The van der Waals surface area contributed by atoms with Crippen LogP contribution in [0.4, 0.5) is 0 Å². The van der Waals surface area contributed by atoms with Gasteiger partial charge in [0.2, 0.25) is 6.08 Å². The fourth-order valence-electron chi connectivity index (χ4n) is 0.922. The van der Waals surface area contributed by atoms with Crippen molar-refractivity contribution in [3.8, 4) is 0 Å². The van der Waals surface area contributed by atoms with Crippen LogP contribution in [0, 0.1) is 0 Å². The first-order valence-electron chi connectivity index (χ1n) is 3.59. The predicted molar refractivity (Wildman–Crippen MR) is 42.1 cm³/mol. The van der Waals surface area contributed by atoms with E-state index >= 15 is 0 Å². The fourth-order valence-corrected chi connectivity index (χ4v) is 0.922. The van der Waals surface area contributed by atoms with Gasteiger partial charge in [-0.1, -0.05) is 0 Å². The lowest BCUT2D eigenvalue weighted by molar-refractivity contribution is 0.562. The summed E-state index contributed by atoms with van der Waals surface area (Å²) in [6.45, 7) is 0.578. The van der Waals surface area contributed by atoms with Gasteiger partial charge in [0.15, 0.2) is 0 Å². The Kier molecular flexibility index (Phi) is 3.16. The first-order valence-corrected chi connectivity index (χ1v) is 3.59. The molecule has 0 saturated carbocycles. The molecule has 0 bridgehead atoms. The van der Waals surface area contributed by atoms with Gasteiger partial charge in [-0.3, -0.25) is 0 Å². The maximum atomic E-state index is 9.67. The van der Waals surface area contributed by atoms with Gasteiger partial charge < -0.3 is 4.98 Å². The molecule has 0 aromatic carbocycles. The molecule has 0 fully saturated rings. The number of nitrogens with zero attached hydrogens (tertiary/aromatic N) is 1. The molecule has 0 radical (unpaired) electrons. The van der Waals surface area contributed by atoms with Crippen molar-refractivity contribution in [2.24, 2.45) is 4.99 Å². The molecule has 0 saturated heterocycles. The van der Waals surface area contributed by atoms with Crippen molar-refractivity contribution in [1.82, 2.24) is 4.98 Å². The zero-order chi connectivity index (χ0) is 7.94. The van der Waals surface area contributed by atoms with Gasteiger partial charge in [-0.05, 0) is 24.5 Å². The van der Waals surface area contributed by atoms with Crippen molar-refractivity contribution >= 4 is 6.08 Å². The van der Waals surface area contributed by atoms with E-state index in [4.69, 9.17) is 0 Å². The van der Waals surface area contributed by atoms with Crippen LogP contribution < -0.4 is 0 Å². The summed E-state index contributed by atoms with van der Waals surface area (Å²) in [6.07, 6.45) is 7.23. The zero-order valence-electron chi connectivity index (χ0n) is 6.21. The number of hydrogen-bond acceptors (Lipinski definition) is 2. The summed E-state index contributed by atoms with van der Waals surface area (Å²) in [5.41, 5.74) is 1.26. The van der Waals surface area contributed by atoms with Crippen molar-refractivity contribution in [2.45, 2.75) is 12.8 Å². The number of aliphatic imine (C=N–C) groups is 1. The minimum Gasteiger partial charge on any atom is -0.367 e. The van der Waals surface area contributed by atoms with Crippen molar-refractivity contribution < 1.29 is 4.79 Å². The molecule has 1 rings (SSSR count). The highest BCUT2D eigenvalue weighted by molar-refractivity contribution is 5.32. The molecular formula is C8H10N2O. The highest BCUT2D eigenvalue weighted by Crippen LogP contribution is 2.00. The fraction of sp³-hybridized carbons (Fsp3) is 0.375. The number of aromatic nitrogens is 1. The number of nitrogens with one attached hydrogen (secondary N) is 1. The maximum Gasteiger partial charge on any atom is 0.234 e. The highest BCUT2D eigenvalue weighted by Gasteiger charge is 1.90. The molecule has 58 valence electrons. The first kappa shape index (κ1) is 7.76. The number of aromatic amines is 1. The minimum atomic E-state index is 0.578. The average molecular weight is 150 g/mol. The van der Waals surface area contributed by atoms with Crippen LogP contribution in [0.25, 0.3) is 0 Å². The number of rotatable bonds is 4. The summed E-state index contributed by atoms with van der Waals surface area (Å²) >= 11 is 0. The smallest absolute Gasteiger partial charge is 0.234 e. The highest BCUT2D eigenvalue weighted by atomic mass is 16.1. The lowest BCUT2D eigenvalue weighted by atomic mass is 10.2. The van der Waals surface area contributed by atoms with Gasteiger partial charge in [-0.15, -0.1) is 0 Å². The molecule has 3 heteroatoms. The van der Waals surface area contributed by atoms with Crippen LogP contribution in [-0.2, 0) is 11.2 Å². The van der Waals surface area contributed by atoms with Crippen molar-refractivity contribution in [3.05, 3.63) is 24.0 Å². The Bertz CT molecular complexity index is 235. The van der Waals surface area contributed by atoms with E-state index in [2.05, 4.69) is 9.98 Å². The summed E-state index contributed by atoms with van der Waals surface area (Å²) in [7, 11) is 0. The molecule has 0 aliphatic heterocycles. The van der Waals surface area contributed by atoms with Crippen LogP contribution in [0.1, 0.15) is 12.0 Å². The second-order valence-electron chi connectivity index (χ2n) is 2.30. The van der Waals surface area contributed by atoms with Gasteiger partial charge in [-0.25, -0.2) is 9.79 Å². The summed E-state index contributed by atoms with van der Waals surface area (Å²) in [4.78, 5) is 16.1. The summed E-state index contributed by atoms with van der Waals surface area (Å²) in [5.74, 6) is 0. The normalized spacial score (nSPS) is 9.09. The third-order valence-electron chi connectivity index (χ3n) is 1.46. The molecule has 3 nitrogen and oxygen atoms in total. The van der Waals surface area contributed by atoms with E-state index < -0.39 is 0 Å². The number of aryl methyl sites for hydroxylation is 1. The van der Waals surface area contributed by atoms with Crippen LogP contribution in [0.5, 0.6) is 0 Å². The van der Waals surface area contributed by atoms with Gasteiger partial charge >= 0.3 is 0 Å². The van der Waals surface area contributed by atoms with E-state index in [1.165, 1.54) is 11.6 Å². The summed E-state index contributed by atoms with van der Waals surface area (Å²) in [5, 5.41) is 0. The molecule has 0 aliphatic carbocycles. The lowest BCUT2D eigenvalue weighted by Crippen LogP contribution is -1.85. The second-order valence-corrected chi connectivity index (χ2v) is 2.30. The third kappa shape index (κ3) is 2.83. The molecule has 0 aliphatic rings. The molecular weight excluding hydrogens is 140 g/mol. The molecule has 1 heterocycles. The topological polar surface area (TPSA) is 45.2 Å². The first-order chi connectivity index (χ1) is 5.43. The minimum absolute atomic E-state index is 0.578. The van der Waals surface area contributed by atoms with Crippen molar-refractivity contribution in [2.75, 3.05) is 6.54 Å². The Hall–Kier alpha value is -1.34. The molecule has 0 unspecified atom stereocenters. The van der Waals surface area contributed by atoms with E-state index in [9.17, 15) is 4.79 Å². The maximum absolute atomic E-state index is 9.67. The Balaban J connectivity index is 2.18. The number of H-pyrrole nitrogens is 1. The van der Waals surface area contributed by atoms with Gasteiger partial charge in [0.05, 0.1) is 6.54 Å². The van der Waals surface area contributed by atoms with E-state index in [0.717, 1.165) is 12.8 Å². The third-order valence-corrected chi connectivity index (χ3v) is 1.46. The quantitative estimate of drug-likeness (QED) is 0.392. The molecule has 1 aromatic rings. The zero-order valence-corrected chi connectivity index (χ0v) is 6.21. The average Bonchev–Trinajstić information content (AvgIpc) is 2.50. The Morgan fingerprint density at radius 2 is 2.55 bits per heavy atom. The van der Waals surface area contributed by atoms with Gasteiger partial charge in [-0.2, -0.15) is 0 Å². The molecule has 0 amide bonds. The lowest BCUT2D eigenvalue weighted by Gasteiger charge is -1.90. The number of carbonyl (C=O) groups excluding carboxylic acids is 1. The molecule has 0 atom stereocenters. The van der Waals surface area contributed by atoms with Gasteiger partial charge in [0.25, 0.3) is 0 Å². The van der Waals surface area contributed by atoms with Crippen LogP contribution in [0.15, 0.2) is 23.5 Å². The Labute approximate surface area is 65.2 Å². The van der Waals surface area contributed by atoms with Gasteiger partial charge in [0, 0.05) is 12.4 Å². The van der Waals surface area contributed by atoms with E-state index in [1.54, 1.807) is 0 Å². The second kappa shape index (κ2) is 4.47. The van der Waals surface area contributed by atoms with Crippen molar-refractivity contribution in [3.63, 3.8) is 0 Å². The summed E-state index contributed by atoms with van der Waals surface area (Å²) in [6, 6.07) is 2.02. The Morgan fingerprint density at radius 3 is 3.18 bits per heavy atom. The number of hydrogen-bond donors (Lipinski definition) is 1. The SMILES string of the molecule is O=C=NCCCc1cc[nH]c1. The standard InChI is InChI=1S/C8H10N2O/c11-7-10-4-1-2-8-3-5-9-6-8/h3,5-6,9H,1-2,4H2. The monoisotopic (exact) mass is 150 g/mol. The molecule has 0 spiro atoms. The number of isocyanates is 1. The van der Waals surface area contributed by atoms with Crippen LogP contribution in [-0.4, -0.2) is 17.6 Å². The van der Waals surface area contributed by atoms with Crippen molar-refractivity contribution in [1.29, 1.82) is 0 Å². The molecule has 11 heavy (non-hydrogen) atoms. The summed E-state index contributed by atoms with van der Waals surface area (Å²) < 4.78 is 0. The van der Waals surface area contributed by atoms with E-state index in [-0.39, 0.29) is 0 Å². The largest absolute Gasteiger partial charge is 0.367 e. The van der Waals surface area contributed by atoms with E-state index in [0.29, 0.717) is 6.54 Å². The molecule has 1 N–H and O–H groups in total. The van der Waals surface area contributed by atoms with Gasteiger partial charge in [0.1, 0.15) is 0 Å². The van der Waals surface area contributed by atoms with Crippen LogP contribution in [0.3, 0.4) is 0 Å².